The van der Waals surface area contributed by atoms with Gasteiger partial charge in [0.25, 0.3) is 0 Å². The van der Waals surface area contributed by atoms with E-state index in [1.54, 1.807) is 6.07 Å². The number of carbonyl (C=O) groups is 1. The lowest BCUT2D eigenvalue weighted by molar-refractivity contribution is -0.123. The van der Waals surface area contributed by atoms with E-state index in [4.69, 9.17) is 10.5 Å². The predicted octanol–water partition coefficient (Wildman–Crippen LogP) is 2.82. The second-order valence-corrected chi connectivity index (χ2v) is 7.37. The van der Waals surface area contributed by atoms with Crippen molar-refractivity contribution < 1.29 is 13.9 Å². The maximum atomic E-state index is 13.8. The molecule has 6 heteroatoms. The highest BCUT2D eigenvalue weighted by Crippen LogP contribution is 2.19. The van der Waals surface area contributed by atoms with Gasteiger partial charge in [0.2, 0.25) is 5.91 Å². The van der Waals surface area contributed by atoms with Crippen LogP contribution in [0.3, 0.4) is 0 Å². The Morgan fingerprint density at radius 3 is 2.68 bits per heavy atom. The molecule has 3 N–H and O–H groups in total. The zero-order chi connectivity index (χ0) is 19.9. The van der Waals surface area contributed by atoms with Crippen LogP contribution in [0.4, 0.5) is 4.39 Å². The molecule has 0 radical (unpaired) electrons. The number of nitrogens with two attached hydrogens (primary N) is 1. The second-order valence-electron chi connectivity index (χ2n) is 7.37. The Kier molecular flexibility index (Phi) is 7.01. The molecule has 1 saturated heterocycles. The number of nitrogens with one attached hydrogen (secondary N) is 1. The third-order valence-electron chi connectivity index (χ3n) is 5.18. The molecule has 1 aliphatic rings. The molecular formula is C22H28FN3O2. The number of hydrogen-bond acceptors (Lipinski definition) is 4. The molecule has 1 fully saturated rings. The monoisotopic (exact) mass is 385 g/mol. The minimum Gasteiger partial charge on any atom is -0.494 e. The maximum Gasteiger partial charge on any atom is 0.221 e. The largest absolute Gasteiger partial charge is 0.494 e. The van der Waals surface area contributed by atoms with Crippen LogP contribution < -0.4 is 15.8 Å². The number of ether oxygens (including phenoxy) is 1. The summed E-state index contributed by atoms with van der Waals surface area (Å²) in [5, 5.41) is 3.35. The van der Waals surface area contributed by atoms with Crippen LogP contribution in [0.2, 0.25) is 0 Å². The Hall–Kier alpha value is -2.44. The molecule has 0 saturated carbocycles. The Bertz CT molecular complexity index is 812. The first kappa shape index (κ1) is 20.3. The van der Waals surface area contributed by atoms with Gasteiger partial charge >= 0.3 is 0 Å². The highest BCUT2D eigenvalue weighted by molar-refractivity contribution is 5.76. The zero-order valence-corrected chi connectivity index (χ0v) is 16.3. The number of piperidine rings is 1. The SMILES string of the molecule is COc1ccc(CNCc2cccc(CN3CCC[C@H](C(N)=O)C3)c2)cc1F. The first-order valence-corrected chi connectivity index (χ1v) is 9.68. The van der Waals surface area contributed by atoms with E-state index in [-0.39, 0.29) is 23.4 Å². The number of hydrogen-bond donors (Lipinski definition) is 2. The summed E-state index contributed by atoms with van der Waals surface area (Å²) < 4.78 is 18.7. The van der Waals surface area contributed by atoms with Gasteiger partial charge in [-0.15, -0.1) is 0 Å². The van der Waals surface area contributed by atoms with Crippen LogP contribution in [0.25, 0.3) is 0 Å². The van der Waals surface area contributed by atoms with Crippen molar-refractivity contribution in [3.05, 3.63) is 65.0 Å². The highest BCUT2D eigenvalue weighted by Gasteiger charge is 2.23. The van der Waals surface area contributed by atoms with Crippen molar-refractivity contribution in [2.24, 2.45) is 11.7 Å². The van der Waals surface area contributed by atoms with Gasteiger partial charge in [0.05, 0.1) is 13.0 Å². The van der Waals surface area contributed by atoms with Gasteiger partial charge in [0.15, 0.2) is 11.6 Å². The number of amides is 1. The fraction of sp³-hybridized carbons (Fsp3) is 0.409. The van der Waals surface area contributed by atoms with Crippen LogP contribution in [-0.2, 0) is 24.4 Å². The van der Waals surface area contributed by atoms with Gasteiger partial charge < -0.3 is 15.8 Å². The van der Waals surface area contributed by atoms with E-state index in [0.29, 0.717) is 13.1 Å². The molecule has 3 rings (SSSR count). The maximum absolute atomic E-state index is 13.8. The first-order chi connectivity index (χ1) is 13.5. The quantitative estimate of drug-likeness (QED) is 0.733. The van der Waals surface area contributed by atoms with E-state index < -0.39 is 0 Å². The standard InChI is InChI=1S/C22H28FN3O2/c1-28-21-8-7-17(11-20(21)23)13-25-12-16-4-2-5-18(10-16)14-26-9-3-6-19(15-26)22(24)27/h2,4-5,7-8,10-11,19,25H,3,6,9,12-15H2,1H3,(H2,24,27)/t19-/m0/s1. The summed E-state index contributed by atoms with van der Waals surface area (Å²) in [5.74, 6) is -0.326. The Morgan fingerprint density at radius 1 is 1.21 bits per heavy atom. The van der Waals surface area contributed by atoms with E-state index in [1.165, 1.54) is 24.3 Å². The molecule has 5 nitrogen and oxygen atoms in total. The minimum absolute atomic E-state index is 0.0384. The molecule has 1 aliphatic heterocycles. The van der Waals surface area contributed by atoms with Crippen molar-refractivity contribution in [2.75, 3.05) is 20.2 Å². The third kappa shape index (κ3) is 5.53. The number of halogens is 1. The summed E-state index contributed by atoms with van der Waals surface area (Å²) in [5.41, 5.74) is 8.74. The number of rotatable bonds is 8. The van der Waals surface area contributed by atoms with Crippen molar-refractivity contribution in [2.45, 2.75) is 32.5 Å². The highest BCUT2D eigenvalue weighted by atomic mass is 19.1. The number of nitrogens with zero attached hydrogens (tertiary/aromatic N) is 1. The van der Waals surface area contributed by atoms with Crippen molar-refractivity contribution in [1.82, 2.24) is 10.2 Å². The second kappa shape index (κ2) is 9.66. The van der Waals surface area contributed by atoms with Crippen molar-refractivity contribution in [3.8, 4) is 5.75 Å². The van der Waals surface area contributed by atoms with Crippen LogP contribution in [0, 0.1) is 11.7 Å². The predicted molar refractivity (Wildman–Crippen MR) is 107 cm³/mol. The van der Waals surface area contributed by atoms with E-state index in [1.807, 2.05) is 6.07 Å². The van der Waals surface area contributed by atoms with E-state index >= 15 is 0 Å². The Balaban J connectivity index is 1.52. The number of carbonyl (C=O) groups excluding carboxylic acids is 1. The van der Waals surface area contributed by atoms with Gasteiger partial charge in [-0.2, -0.15) is 0 Å². The van der Waals surface area contributed by atoms with Gasteiger partial charge in [-0.05, 0) is 48.2 Å². The third-order valence-corrected chi connectivity index (χ3v) is 5.18. The molecule has 1 amide bonds. The molecule has 0 spiro atoms. The van der Waals surface area contributed by atoms with Crippen LogP contribution in [0.5, 0.6) is 5.75 Å². The molecule has 0 unspecified atom stereocenters. The number of primary amides is 1. The Morgan fingerprint density at radius 2 is 1.96 bits per heavy atom. The molecule has 2 aromatic rings. The topological polar surface area (TPSA) is 67.6 Å². The minimum atomic E-state index is -0.348. The summed E-state index contributed by atoms with van der Waals surface area (Å²) in [6.45, 7) is 3.83. The average Bonchev–Trinajstić information content (AvgIpc) is 2.69. The Labute approximate surface area is 165 Å². The van der Waals surface area contributed by atoms with Crippen molar-refractivity contribution >= 4 is 5.91 Å². The van der Waals surface area contributed by atoms with Crippen LogP contribution >= 0.6 is 0 Å². The lowest BCUT2D eigenvalue weighted by Crippen LogP contribution is -2.40. The molecule has 2 aromatic carbocycles. The lowest BCUT2D eigenvalue weighted by atomic mass is 9.97. The molecule has 150 valence electrons. The van der Waals surface area contributed by atoms with Gasteiger partial charge in [-0.3, -0.25) is 9.69 Å². The first-order valence-electron chi connectivity index (χ1n) is 9.68. The van der Waals surface area contributed by atoms with Gasteiger partial charge in [0, 0.05) is 26.2 Å². The molecule has 0 bridgehead atoms. The van der Waals surface area contributed by atoms with Gasteiger partial charge in [-0.25, -0.2) is 4.39 Å². The van der Waals surface area contributed by atoms with Crippen LogP contribution in [-0.4, -0.2) is 31.0 Å². The van der Waals surface area contributed by atoms with Crippen molar-refractivity contribution in [3.63, 3.8) is 0 Å². The normalized spacial score (nSPS) is 17.4. The van der Waals surface area contributed by atoms with Crippen LogP contribution in [0.1, 0.15) is 29.5 Å². The van der Waals surface area contributed by atoms with Gasteiger partial charge in [0.1, 0.15) is 0 Å². The summed E-state index contributed by atoms with van der Waals surface area (Å²) in [7, 11) is 1.46. The molecular weight excluding hydrogens is 357 g/mol. The van der Waals surface area contributed by atoms with E-state index in [9.17, 15) is 9.18 Å². The fourth-order valence-electron chi connectivity index (χ4n) is 3.70. The number of benzene rings is 2. The molecule has 0 aliphatic carbocycles. The van der Waals surface area contributed by atoms with E-state index in [2.05, 4.69) is 34.5 Å². The zero-order valence-electron chi connectivity index (χ0n) is 16.3. The molecule has 0 aromatic heterocycles. The summed E-state index contributed by atoms with van der Waals surface area (Å²) in [4.78, 5) is 13.8. The number of methoxy groups -OCH3 is 1. The van der Waals surface area contributed by atoms with Crippen molar-refractivity contribution in [1.29, 1.82) is 0 Å². The fourth-order valence-corrected chi connectivity index (χ4v) is 3.70. The average molecular weight is 385 g/mol. The summed E-state index contributed by atoms with van der Waals surface area (Å²) in [6.07, 6.45) is 1.90. The summed E-state index contributed by atoms with van der Waals surface area (Å²) >= 11 is 0. The summed E-state index contributed by atoms with van der Waals surface area (Å²) in [6, 6.07) is 13.4. The number of likely N-dealkylation sites (tertiary alicyclic amines) is 1. The van der Waals surface area contributed by atoms with E-state index in [0.717, 1.165) is 38.0 Å². The molecule has 1 atom stereocenters. The van der Waals surface area contributed by atoms with Crippen LogP contribution in [0.15, 0.2) is 42.5 Å². The molecule has 1 heterocycles. The lowest BCUT2D eigenvalue weighted by Gasteiger charge is -2.31. The smallest absolute Gasteiger partial charge is 0.221 e. The molecule has 28 heavy (non-hydrogen) atoms. The van der Waals surface area contributed by atoms with Gasteiger partial charge in [-0.1, -0.05) is 30.3 Å².